The predicted octanol–water partition coefficient (Wildman–Crippen LogP) is 12.5. The maximum atomic E-state index is 11.7. The average molecular weight is 537 g/mol. The maximum absolute atomic E-state index is 11.7. The van der Waals surface area contributed by atoms with E-state index in [1.54, 1.807) is 0 Å². The molecule has 3 nitrogen and oxygen atoms in total. The van der Waals surface area contributed by atoms with Crippen molar-refractivity contribution in [1.82, 2.24) is 0 Å². The van der Waals surface area contributed by atoms with Gasteiger partial charge in [0.05, 0.1) is 13.2 Å². The lowest BCUT2D eigenvalue weighted by Gasteiger charge is -2.07. The number of allylic oxidation sites excluding steroid dienone is 2. The molecule has 0 unspecified atom stereocenters. The molecule has 0 saturated carbocycles. The number of carbonyl (C=O) groups is 1. The Morgan fingerprint density at radius 1 is 0.500 bits per heavy atom. The molecule has 0 rings (SSSR count). The number of carbonyl (C=O) groups excluding carboxylic acids is 1. The van der Waals surface area contributed by atoms with Crippen LogP contribution in [-0.4, -0.2) is 19.4 Å². The normalized spacial score (nSPS) is 11.6. The van der Waals surface area contributed by atoms with Crippen LogP contribution in [0.1, 0.15) is 188 Å². The van der Waals surface area contributed by atoms with Gasteiger partial charge in [-0.3, -0.25) is 0 Å². The van der Waals surface area contributed by atoms with Gasteiger partial charge in [0.15, 0.2) is 0 Å². The first-order valence-electron chi connectivity index (χ1n) is 17.1. The molecule has 0 aliphatic rings. The SMILES string of the molecule is CCCCC=CCCCCCCCCOC(=O)OCCCCCCCCCCCCCCCCCC(C)C. The Balaban J connectivity index is 3.17. The fourth-order valence-corrected chi connectivity index (χ4v) is 4.93. The average Bonchev–Trinajstić information content (AvgIpc) is 2.90. The zero-order chi connectivity index (χ0) is 27.8. The fourth-order valence-electron chi connectivity index (χ4n) is 4.93. The smallest absolute Gasteiger partial charge is 0.434 e. The van der Waals surface area contributed by atoms with Crippen LogP contribution in [0, 0.1) is 5.92 Å². The number of hydrogen-bond acceptors (Lipinski definition) is 3. The van der Waals surface area contributed by atoms with Gasteiger partial charge in [0, 0.05) is 0 Å². The summed E-state index contributed by atoms with van der Waals surface area (Å²) in [5.74, 6) is 0.872. The fraction of sp³-hybridized carbons (Fsp3) is 0.914. The number of unbranched alkanes of at least 4 members (excludes halogenated alkanes) is 22. The van der Waals surface area contributed by atoms with Crippen molar-refractivity contribution < 1.29 is 14.3 Å². The van der Waals surface area contributed by atoms with Crippen LogP contribution in [-0.2, 0) is 9.47 Å². The molecule has 0 radical (unpaired) electrons. The summed E-state index contributed by atoms with van der Waals surface area (Å²) in [6, 6.07) is 0. The van der Waals surface area contributed by atoms with E-state index in [1.807, 2.05) is 0 Å². The molecule has 0 N–H and O–H groups in total. The first kappa shape index (κ1) is 37.0. The Morgan fingerprint density at radius 2 is 0.842 bits per heavy atom. The molecule has 0 aromatic heterocycles. The van der Waals surface area contributed by atoms with E-state index in [2.05, 4.69) is 32.9 Å². The van der Waals surface area contributed by atoms with Gasteiger partial charge < -0.3 is 9.47 Å². The second-order valence-corrected chi connectivity index (χ2v) is 12.0. The van der Waals surface area contributed by atoms with Gasteiger partial charge in [-0.1, -0.05) is 168 Å². The molecule has 0 amide bonds. The van der Waals surface area contributed by atoms with Crippen LogP contribution in [0.15, 0.2) is 12.2 Å². The standard InChI is InChI=1S/C35H68O3/c1-4-5-6-7-8-9-10-17-20-23-26-29-32-37-35(36)38-33-30-27-24-21-18-15-13-11-12-14-16-19-22-25-28-31-34(2)3/h7-8,34H,4-6,9-33H2,1-3H3. The van der Waals surface area contributed by atoms with E-state index in [4.69, 9.17) is 9.47 Å². The zero-order valence-corrected chi connectivity index (χ0v) is 26.3. The molecule has 38 heavy (non-hydrogen) atoms. The van der Waals surface area contributed by atoms with Crippen LogP contribution in [0.3, 0.4) is 0 Å². The molecule has 0 bridgehead atoms. The molecule has 0 heterocycles. The molecular formula is C35H68O3. The Kier molecular flexibility index (Phi) is 31.4. The lowest BCUT2D eigenvalue weighted by atomic mass is 10.0. The van der Waals surface area contributed by atoms with Crippen molar-refractivity contribution in [3.63, 3.8) is 0 Å². The molecule has 0 spiro atoms. The first-order valence-corrected chi connectivity index (χ1v) is 17.1. The van der Waals surface area contributed by atoms with Crippen molar-refractivity contribution in [2.24, 2.45) is 5.92 Å². The monoisotopic (exact) mass is 537 g/mol. The third-order valence-electron chi connectivity index (χ3n) is 7.52. The van der Waals surface area contributed by atoms with E-state index in [1.165, 1.54) is 141 Å². The van der Waals surface area contributed by atoms with Crippen molar-refractivity contribution >= 4 is 6.16 Å². The molecule has 0 aliphatic heterocycles. The van der Waals surface area contributed by atoms with E-state index >= 15 is 0 Å². The second-order valence-electron chi connectivity index (χ2n) is 12.0. The molecule has 3 heteroatoms. The van der Waals surface area contributed by atoms with E-state index in [0.29, 0.717) is 13.2 Å². The Labute approximate surface area is 239 Å². The Morgan fingerprint density at radius 3 is 1.24 bits per heavy atom. The van der Waals surface area contributed by atoms with Crippen LogP contribution in [0.5, 0.6) is 0 Å². The van der Waals surface area contributed by atoms with Crippen LogP contribution in [0.25, 0.3) is 0 Å². The molecule has 0 atom stereocenters. The van der Waals surface area contributed by atoms with Crippen molar-refractivity contribution in [3.8, 4) is 0 Å². The third-order valence-corrected chi connectivity index (χ3v) is 7.52. The minimum atomic E-state index is -0.481. The highest BCUT2D eigenvalue weighted by molar-refractivity contribution is 5.59. The molecule has 226 valence electrons. The largest absolute Gasteiger partial charge is 0.508 e. The molecule has 0 aromatic carbocycles. The summed E-state index contributed by atoms with van der Waals surface area (Å²) in [4.78, 5) is 11.7. The van der Waals surface area contributed by atoms with Crippen molar-refractivity contribution in [3.05, 3.63) is 12.2 Å². The van der Waals surface area contributed by atoms with Crippen molar-refractivity contribution in [2.75, 3.05) is 13.2 Å². The highest BCUT2D eigenvalue weighted by Crippen LogP contribution is 2.15. The highest BCUT2D eigenvalue weighted by atomic mass is 16.7. The molecular weight excluding hydrogens is 468 g/mol. The van der Waals surface area contributed by atoms with E-state index < -0.39 is 6.16 Å². The first-order chi connectivity index (χ1) is 18.7. The molecule has 0 aromatic rings. The van der Waals surface area contributed by atoms with Gasteiger partial charge in [0.2, 0.25) is 0 Å². The van der Waals surface area contributed by atoms with Gasteiger partial charge >= 0.3 is 6.16 Å². The van der Waals surface area contributed by atoms with Gasteiger partial charge in [-0.05, 0) is 38.0 Å². The summed E-state index contributed by atoms with van der Waals surface area (Å²) >= 11 is 0. The summed E-state index contributed by atoms with van der Waals surface area (Å²) in [6.07, 6.45) is 38.1. The number of rotatable bonds is 30. The minimum absolute atomic E-state index is 0.481. The number of hydrogen-bond donors (Lipinski definition) is 0. The van der Waals surface area contributed by atoms with Crippen LogP contribution >= 0.6 is 0 Å². The summed E-state index contributed by atoms with van der Waals surface area (Å²) in [5, 5.41) is 0. The molecule has 0 fully saturated rings. The van der Waals surface area contributed by atoms with Crippen LogP contribution in [0.4, 0.5) is 4.79 Å². The molecule has 0 saturated heterocycles. The van der Waals surface area contributed by atoms with E-state index in [-0.39, 0.29) is 0 Å². The molecule has 0 aliphatic carbocycles. The van der Waals surface area contributed by atoms with Crippen LogP contribution in [0.2, 0.25) is 0 Å². The minimum Gasteiger partial charge on any atom is -0.434 e. The van der Waals surface area contributed by atoms with E-state index in [0.717, 1.165) is 31.6 Å². The number of ether oxygens (including phenoxy) is 2. The quantitative estimate of drug-likeness (QED) is 0.0520. The topological polar surface area (TPSA) is 35.5 Å². The predicted molar refractivity (Wildman–Crippen MR) is 167 cm³/mol. The van der Waals surface area contributed by atoms with Gasteiger partial charge in [0.1, 0.15) is 0 Å². The lowest BCUT2D eigenvalue weighted by molar-refractivity contribution is 0.0529. The van der Waals surface area contributed by atoms with Gasteiger partial charge in [-0.25, -0.2) is 4.79 Å². The summed E-state index contributed by atoms with van der Waals surface area (Å²) < 4.78 is 10.4. The summed E-state index contributed by atoms with van der Waals surface area (Å²) in [7, 11) is 0. The zero-order valence-electron chi connectivity index (χ0n) is 26.3. The lowest BCUT2D eigenvalue weighted by Crippen LogP contribution is -2.09. The van der Waals surface area contributed by atoms with Crippen molar-refractivity contribution in [1.29, 1.82) is 0 Å². The third kappa shape index (κ3) is 33.0. The van der Waals surface area contributed by atoms with Crippen molar-refractivity contribution in [2.45, 2.75) is 188 Å². The van der Waals surface area contributed by atoms with Gasteiger partial charge in [-0.2, -0.15) is 0 Å². The second kappa shape index (κ2) is 32.2. The van der Waals surface area contributed by atoms with E-state index in [9.17, 15) is 4.79 Å². The Bertz CT molecular complexity index is 486. The summed E-state index contributed by atoms with van der Waals surface area (Å²) in [5.41, 5.74) is 0. The summed E-state index contributed by atoms with van der Waals surface area (Å²) in [6.45, 7) is 7.90. The van der Waals surface area contributed by atoms with Gasteiger partial charge in [0.25, 0.3) is 0 Å². The Hall–Kier alpha value is -0.990. The van der Waals surface area contributed by atoms with Crippen LogP contribution < -0.4 is 0 Å². The highest BCUT2D eigenvalue weighted by Gasteiger charge is 2.03. The maximum Gasteiger partial charge on any atom is 0.508 e. The van der Waals surface area contributed by atoms with Gasteiger partial charge in [-0.15, -0.1) is 0 Å².